The molecule has 0 unspecified atom stereocenters. The molecular weight excluding hydrogens is 240 g/mol. The molecule has 2 rings (SSSR count). The predicted molar refractivity (Wildman–Crippen MR) is 70.9 cm³/mol. The first kappa shape index (κ1) is 11.2. The number of hydrogen-bond acceptors (Lipinski definition) is 3. The van der Waals surface area contributed by atoms with Gasteiger partial charge in [-0.1, -0.05) is 36.0 Å². The van der Waals surface area contributed by atoms with Crippen LogP contribution in [0, 0.1) is 0 Å². The van der Waals surface area contributed by atoms with Crippen molar-refractivity contribution in [1.82, 2.24) is 0 Å². The van der Waals surface area contributed by atoms with E-state index in [4.69, 9.17) is 23.1 Å². The molecular formula is C12H11ClN2S. The number of benzene rings is 1. The topological polar surface area (TPSA) is 52.0 Å². The van der Waals surface area contributed by atoms with Crippen LogP contribution < -0.4 is 11.5 Å². The zero-order valence-electron chi connectivity index (χ0n) is 8.53. The maximum absolute atomic E-state index is 6.16. The van der Waals surface area contributed by atoms with Gasteiger partial charge in [-0.25, -0.2) is 0 Å². The molecule has 0 saturated heterocycles. The lowest BCUT2D eigenvalue weighted by Gasteiger charge is -2.23. The van der Waals surface area contributed by atoms with E-state index < -0.39 is 0 Å². The first-order chi connectivity index (χ1) is 7.69. The molecule has 4 heteroatoms. The molecule has 0 radical (unpaired) electrons. The fraction of sp³-hybridized carbons (Fsp3) is 0. The molecule has 1 aliphatic rings. The van der Waals surface area contributed by atoms with E-state index in [9.17, 15) is 0 Å². The van der Waals surface area contributed by atoms with E-state index in [1.807, 2.05) is 18.2 Å². The van der Waals surface area contributed by atoms with Crippen LogP contribution in [0.1, 0.15) is 5.56 Å². The zero-order chi connectivity index (χ0) is 11.7. The van der Waals surface area contributed by atoms with Gasteiger partial charge in [0, 0.05) is 38.4 Å². The summed E-state index contributed by atoms with van der Waals surface area (Å²) in [7, 11) is 0. The van der Waals surface area contributed by atoms with Crippen LogP contribution in [0.15, 0.2) is 52.6 Å². The molecule has 4 N–H and O–H groups in total. The smallest absolute Gasteiger partial charge is 0.0495 e. The Morgan fingerprint density at radius 3 is 2.62 bits per heavy atom. The highest BCUT2D eigenvalue weighted by atomic mass is 35.5. The summed E-state index contributed by atoms with van der Waals surface area (Å²) in [5.41, 5.74) is 13.8. The maximum atomic E-state index is 6.16. The van der Waals surface area contributed by atoms with Gasteiger partial charge in [0.05, 0.1) is 0 Å². The average Bonchev–Trinajstić information content (AvgIpc) is 2.28. The lowest BCUT2D eigenvalue weighted by molar-refractivity contribution is 1.35. The van der Waals surface area contributed by atoms with E-state index in [-0.39, 0.29) is 0 Å². The molecule has 0 amide bonds. The van der Waals surface area contributed by atoms with Crippen molar-refractivity contribution in [3.63, 3.8) is 0 Å². The van der Waals surface area contributed by atoms with E-state index in [2.05, 4.69) is 6.58 Å². The fourth-order valence-corrected chi connectivity index (χ4v) is 3.08. The number of fused-ring (bicyclic) bond motifs is 1. The maximum Gasteiger partial charge on any atom is 0.0495 e. The number of rotatable bonds is 0. The van der Waals surface area contributed by atoms with Crippen LogP contribution in [0.5, 0.6) is 0 Å². The summed E-state index contributed by atoms with van der Waals surface area (Å²) in [5, 5.41) is 0.686. The van der Waals surface area contributed by atoms with Crippen molar-refractivity contribution in [2.45, 2.75) is 4.90 Å². The molecule has 0 aromatic heterocycles. The van der Waals surface area contributed by atoms with Gasteiger partial charge in [-0.3, -0.25) is 0 Å². The molecule has 0 spiro atoms. The lowest BCUT2D eigenvalue weighted by atomic mass is 9.99. The minimum atomic E-state index is 0.686. The zero-order valence-corrected chi connectivity index (χ0v) is 10.1. The molecule has 1 heterocycles. The third-order valence-corrected chi connectivity index (χ3v) is 3.86. The Kier molecular flexibility index (Phi) is 2.99. The van der Waals surface area contributed by atoms with Crippen molar-refractivity contribution in [2.24, 2.45) is 11.5 Å². The van der Waals surface area contributed by atoms with Gasteiger partial charge >= 0.3 is 0 Å². The molecule has 0 bridgehead atoms. The van der Waals surface area contributed by atoms with Crippen LogP contribution in [0.3, 0.4) is 0 Å². The molecule has 0 saturated carbocycles. The monoisotopic (exact) mass is 250 g/mol. The summed E-state index contributed by atoms with van der Waals surface area (Å²) in [5.74, 6) is 0. The lowest BCUT2D eigenvalue weighted by Crippen LogP contribution is -2.04. The standard InChI is InChI=1S/C12H11ClN2S/c1-7-8(5-14)11(6-15)16-10-4-2-3-9(13)12(7)10/h2-6H,1,14-15H2/b8-5-,11-6+. The molecule has 1 aliphatic heterocycles. The Morgan fingerprint density at radius 1 is 1.25 bits per heavy atom. The third-order valence-electron chi connectivity index (χ3n) is 2.41. The number of thioether (sulfide) groups is 1. The van der Waals surface area contributed by atoms with E-state index in [0.717, 1.165) is 26.5 Å². The minimum absolute atomic E-state index is 0.686. The number of halogens is 1. The Hall–Kier alpha value is -1.32. The van der Waals surface area contributed by atoms with Crippen molar-refractivity contribution < 1.29 is 0 Å². The minimum Gasteiger partial charge on any atom is -0.404 e. The first-order valence-corrected chi connectivity index (χ1v) is 5.88. The van der Waals surface area contributed by atoms with Crippen LogP contribution in [-0.4, -0.2) is 0 Å². The van der Waals surface area contributed by atoms with Crippen molar-refractivity contribution in [3.8, 4) is 0 Å². The second-order valence-corrected chi connectivity index (χ2v) is 4.80. The summed E-state index contributed by atoms with van der Waals surface area (Å²) in [6.45, 7) is 4.02. The number of hydrogen-bond donors (Lipinski definition) is 2. The molecule has 0 aliphatic carbocycles. The van der Waals surface area contributed by atoms with E-state index in [0.29, 0.717) is 5.02 Å². The quantitative estimate of drug-likeness (QED) is 0.744. The summed E-state index contributed by atoms with van der Waals surface area (Å²) in [6.07, 6.45) is 3.05. The van der Waals surface area contributed by atoms with Gasteiger partial charge in [0.15, 0.2) is 0 Å². The van der Waals surface area contributed by atoms with Crippen LogP contribution in [-0.2, 0) is 0 Å². The molecule has 2 nitrogen and oxygen atoms in total. The van der Waals surface area contributed by atoms with Gasteiger partial charge in [0.25, 0.3) is 0 Å². The first-order valence-electron chi connectivity index (χ1n) is 4.69. The Bertz CT molecular complexity index is 518. The highest BCUT2D eigenvalue weighted by molar-refractivity contribution is 8.03. The fourth-order valence-electron chi connectivity index (χ4n) is 1.65. The number of nitrogens with two attached hydrogens (primary N) is 2. The van der Waals surface area contributed by atoms with Crippen molar-refractivity contribution in [2.75, 3.05) is 0 Å². The van der Waals surface area contributed by atoms with Crippen LogP contribution in [0.2, 0.25) is 5.02 Å². The third kappa shape index (κ3) is 1.62. The Labute approximate surface area is 104 Å². The predicted octanol–water partition coefficient (Wildman–Crippen LogP) is 3.10. The van der Waals surface area contributed by atoms with Crippen molar-refractivity contribution in [1.29, 1.82) is 0 Å². The summed E-state index contributed by atoms with van der Waals surface area (Å²) >= 11 is 7.71. The van der Waals surface area contributed by atoms with E-state index in [1.165, 1.54) is 6.20 Å². The average molecular weight is 251 g/mol. The second-order valence-electron chi connectivity index (χ2n) is 3.30. The van der Waals surface area contributed by atoms with Gasteiger partial charge in [-0.15, -0.1) is 0 Å². The largest absolute Gasteiger partial charge is 0.404 e. The van der Waals surface area contributed by atoms with Gasteiger partial charge in [0.2, 0.25) is 0 Å². The van der Waals surface area contributed by atoms with Gasteiger partial charge < -0.3 is 11.5 Å². The molecule has 0 fully saturated rings. The second kappa shape index (κ2) is 4.28. The van der Waals surface area contributed by atoms with Crippen LogP contribution >= 0.6 is 23.4 Å². The highest BCUT2D eigenvalue weighted by Gasteiger charge is 2.23. The molecule has 1 aromatic rings. The van der Waals surface area contributed by atoms with Crippen molar-refractivity contribution >= 4 is 28.9 Å². The van der Waals surface area contributed by atoms with Gasteiger partial charge in [0.1, 0.15) is 0 Å². The highest BCUT2D eigenvalue weighted by Crippen LogP contribution is 2.48. The van der Waals surface area contributed by atoms with Gasteiger partial charge in [-0.05, 0) is 17.7 Å². The summed E-state index contributed by atoms with van der Waals surface area (Å²) in [4.78, 5) is 1.96. The molecule has 82 valence electrons. The van der Waals surface area contributed by atoms with Crippen LogP contribution in [0.4, 0.5) is 0 Å². The Balaban J connectivity index is 2.67. The SMILES string of the molecule is C=C1C(=C/N)/C(=C\N)Sc2cccc(Cl)c21. The summed E-state index contributed by atoms with van der Waals surface area (Å²) < 4.78 is 0. The van der Waals surface area contributed by atoms with Crippen molar-refractivity contribution in [3.05, 3.63) is 58.2 Å². The summed E-state index contributed by atoms with van der Waals surface area (Å²) in [6, 6.07) is 5.75. The Morgan fingerprint density at radius 2 is 2.00 bits per heavy atom. The van der Waals surface area contributed by atoms with E-state index >= 15 is 0 Å². The molecule has 16 heavy (non-hydrogen) atoms. The molecule has 0 atom stereocenters. The normalized spacial score (nSPS) is 20.2. The van der Waals surface area contributed by atoms with Crippen LogP contribution in [0.25, 0.3) is 5.57 Å². The van der Waals surface area contributed by atoms with Gasteiger partial charge in [-0.2, -0.15) is 0 Å². The number of allylic oxidation sites excluding steroid dienone is 2. The molecule has 1 aromatic carbocycles. The van der Waals surface area contributed by atoms with E-state index in [1.54, 1.807) is 18.0 Å².